The van der Waals surface area contributed by atoms with Crippen LogP contribution in [0.4, 0.5) is 0 Å². The summed E-state index contributed by atoms with van der Waals surface area (Å²) in [5.74, 6) is -1.06. The van der Waals surface area contributed by atoms with Crippen molar-refractivity contribution in [3.05, 3.63) is 42.5 Å². The van der Waals surface area contributed by atoms with E-state index in [0.717, 1.165) is 0 Å². The molecule has 0 saturated heterocycles. The standard InChI is InChI=1S/C11H12O4S/c1-2-7-16(14,15)10-5-3-9(4-6-10)8-11(12)13/h2-6H,1,7-8H2,(H,12,13). The Bertz CT molecular complexity index is 485. The molecule has 0 aliphatic carbocycles. The molecule has 1 aromatic rings. The first-order chi connectivity index (χ1) is 7.45. The molecule has 0 heterocycles. The van der Waals surface area contributed by atoms with Crippen molar-refractivity contribution in [2.75, 3.05) is 5.75 Å². The first-order valence-electron chi connectivity index (χ1n) is 4.60. The van der Waals surface area contributed by atoms with Crippen LogP contribution in [0, 0.1) is 0 Å². The fourth-order valence-electron chi connectivity index (χ4n) is 1.24. The quantitative estimate of drug-likeness (QED) is 0.787. The predicted octanol–water partition coefficient (Wildman–Crippen LogP) is 1.27. The third kappa shape index (κ3) is 3.20. The summed E-state index contributed by atoms with van der Waals surface area (Å²) in [5, 5.41) is 8.55. The van der Waals surface area contributed by atoms with Gasteiger partial charge in [0.2, 0.25) is 0 Å². The van der Waals surface area contributed by atoms with Crippen LogP contribution in [0.2, 0.25) is 0 Å². The number of benzene rings is 1. The SMILES string of the molecule is C=CCS(=O)(=O)c1ccc(CC(=O)O)cc1. The molecule has 0 atom stereocenters. The maximum atomic E-state index is 11.6. The number of carboxylic acid groups (broad SMARTS) is 1. The Hall–Kier alpha value is -1.62. The summed E-state index contributed by atoms with van der Waals surface area (Å²) in [6, 6.07) is 5.84. The molecule has 1 rings (SSSR count). The minimum Gasteiger partial charge on any atom is -0.481 e. The molecule has 0 unspecified atom stereocenters. The van der Waals surface area contributed by atoms with E-state index in [1.165, 1.54) is 30.3 Å². The monoisotopic (exact) mass is 240 g/mol. The molecule has 0 bridgehead atoms. The van der Waals surface area contributed by atoms with Crippen LogP contribution in [0.15, 0.2) is 41.8 Å². The normalized spacial score (nSPS) is 11.0. The van der Waals surface area contributed by atoms with Gasteiger partial charge in [0.05, 0.1) is 17.1 Å². The van der Waals surface area contributed by atoms with Crippen LogP contribution >= 0.6 is 0 Å². The minimum atomic E-state index is -3.32. The number of carbonyl (C=O) groups is 1. The number of aliphatic carboxylic acids is 1. The summed E-state index contributed by atoms with van der Waals surface area (Å²) in [7, 11) is -3.32. The summed E-state index contributed by atoms with van der Waals surface area (Å²) in [4.78, 5) is 10.6. The van der Waals surface area contributed by atoms with E-state index in [2.05, 4.69) is 6.58 Å². The molecule has 0 aromatic heterocycles. The van der Waals surface area contributed by atoms with Gasteiger partial charge >= 0.3 is 5.97 Å². The van der Waals surface area contributed by atoms with Crippen LogP contribution < -0.4 is 0 Å². The van der Waals surface area contributed by atoms with Crippen molar-refractivity contribution in [2.24, 2.45) is 0 Å². The Labute approximate surface area is 94.1 Å². The van der Waals surface area contributed by atoms with Crippen molar-refractivity contribution in [3.63, 3.8) is 0 Å². The lowest BCUT2D eigenvalue weighted by atomic mass is 10.2. The summed E-state index contributed by atoms with van der Waals surface area (Å²) in [6.07, 6.45) is 1.21. The highest BCUT2D eigenvalue weighted by molar-refractivity contribution is 7.91. The third-order valence-corrected chi connectivity index (χ3v) is 3.64. The summed E-state index contributed by atoms with van der Waals surface area (Å²) in [5.41, 5.74) is 0.574. The van der Waals surface area contributed by atoms with E-state index in [4.69, 9.17) is 5.11 Å². The molecule has 0 radical (unpaired) electrons. The van der Waals surface area contributed by atoms with Gasteiger partial charge in [0, 0.05) is 0 Å². The molecule has 0 aliphatic heterocycles. The second-order valence-corrected chi connectivity index (χ2v) is 5.32. The molecule has 0 spiro atoms. The largest absolute Gasteiger partial charge is 0.481 e. The zero-order chi connectivity index (χ0) is 12.2. The summed E-state index contributed by atoms with van der Waals surface area (Å²) >= 11 is 0. The molecule has 0 fully saturated rings. The van der Waals surface area contributed by atoms with Gasteiger partial charge in [-0.15, -0.1) is 6.58 Å². The second-order valence-electron chi connectivity index (χ2n) is 3.28. The highest BCUT2D eigenvalue weighted by Gasteiger charge is 2.12. The van der Waals surface area contributed by atoms with Gasteiger partial charge in [0.1, 0.15) is 0 Å². The number of rotatable bonds is 5. The Morgan fingerprint density at radius 2 is 1.88 bits per heavy atom. The molecule has 0 saturated carbocycles. The first-order valence-corrected chi connectivity index (χ1v) is 6.25. The van der Waals surface area contributed by atoms with Crippen molar-refractivity contribution >= 4 is 15.8 Å². The first kappa shape index (κ1) is 12.4. The number of hydrogen-bond acceptors (Lipinski definition) is 3. The Morgan fingerprint density at radius 3 is 2.31 bits per heavy atom. The molecular formula is C11H12O4S. The van der Waals surface area contributed by atoms with E-state index in [1.54, 1.807) is 0 Å². The second kappa shape index (κ2) is 4.94. The fraction of sp³-hybridized carbons (Fsp3) is 0.182. The topological polar surface area (TPSA) is 71.4 Å². The molecule has 1 aromatic carbocycles. The molecular weight excluding hydrogens is 228 g/mol. The predicted molar refractivity (Wildman–Crippen MR) is 60.0 cm³/mol. The van der Waals surface area contributed by atoms with Gasteiger partial charge in [-0.25, -0.2) is 8.42 Å². The van der Waals surface area contributed by atoms with Crippen LogP contribution in [-0.2, 0) is 21.1 Å². The van der Waals surface area contributed by atoms with Crippen LogP contribution in [0.25, 0.3) is 0 Å². The maximum absolute atomic E-state index is 11.6. The number of hydrogen-bond donors (Lipinski definition) is 1. The molecule has 4 nitrogen and oxygen atoms in total. The smallest absolute Gasteiger partial charge is 0.307 e. The van der Waals surface area contributed by atoms with E-state index in [-0.39, 0.29) is 17.1 Å². The summed E-state index contributed by atoms with van der Waals surface area (Å²) < 4.78 is 23.2. The lowest BCUT2D eigenvalue weighted by Crippen LogP contribution is -2.05. The van der Waals surface area contributed by atoms with E-state index in [1.807, 2.05) is 0 Å². The van der Waals surface area contributed by atoms with Gasteiger partial charge in [0.25, 0.3) is 0 Å². The Kier molecular flexibility index (Phi) is 3.84. The van der Waals surface area contributed by atoms with Gasteiger partial charge in [-0.1, -0.05) is 18.2 Å². The molecule has 0 aliphatic rings. The highest BCUT2D eigenvalue weighted by atomic mass is 32.2. The highest BCUT2D eigenvalue weighted by Crippen LogP contribution is 2.13. The Balaban J connectivity index is 2.95. The van der Waals surface area contributed by atoms with Crippen molar-refractivity contribution in [2.45, 2.75) is 11.3 Å². The van der Waals surface area contributed by atoms with Crippen molar-refractivity contribution in [1.82, 2.24) is 0 Å². The maximum Gasteiger partial charge on any atom is 0.307 e. The van der Waals surface area contributed by atoms with Gasteiger partial charge < -0.3 is 5.11 Å². The van der Waals surface area contributed by atoms with Gasteiger partial charge in [-0.2, -0.15) is 0 Å². The molecule has 16 heavy (non-hydrogen) atoms. The lowest BCUT2D eigenvalue weighted by molar-refractivity contribution is -0.136. The van der Waals surface area contributed by atoms with Crippen LogP contribution in [0.1, 0.15) is 5.56 Å². The van der Waals surface area contributed by atoms with Crippen LogP contribution in [0.3, 0.4) is 0 Å². The number of carboxylic acids is 1. The molecule has 5 heteroatoms. The van der Waals surface area contributed by atoms with E-state index >= 15 is 0 Å². The zero-order valence-corrected chi connectivity index (χ0v) is 9.40. The zero-order valence-electron chi connectivity index (χ0n) is 8.59. The van der Waals surface area contributed by atoms with E-state index < -0.39 is 15.8 Å². The van der Waals surface area contributed by atoms with Gasteiger partial charge in [-0.05, 0) is 17.7 Å². The van der Waals surface area contributed by atoms with Crippen LogP contribution in [-0.4, -0.2) is 25.2 Å². The van der Waals surface area contributed by atoms with E-state index in [9.17, 15) is 13.2 Å². The molecule has 0 amide bonds. The summed E-state index contributed by atoms with van der Waals surface area (Å²) in [6.45, 7) is 3.37. The lowest BCUT2D eigenvalue weighted by Gasteiger charge is -2.02. The average molecular weight is 240 g/mol. The number of sulfone groups is 1. The van der Waals surface area contributed by atoms with Crippen molar-refractivity contribution in [1.29, 1.82) is 0 Å². The van der Waals surface area contributed by atoms with Gasteiger partial charge in [0.15, 0.2) is 9.84 Å². The molecule has 1 N–H and O–H groups in total. The minimum absolute atomic E-state index is 0.109. The fourth-order valence-corrected chi connectivity index (χ4v) is 2.29. The molecule has 86 valence electrons. The van der Waals surface area contributed by atoms with Gasteiger partial charge in [-0.3, -0.25) is 4.79 Å². The van der Waals surface area contributed by atoms with Crippen LogP contribution in [0.5, 0.6) is 0 Å². The van der Waals surface area contributed by atoms with Crippen molar-refractivity contribution < 1.29 is 18.3 Å². The Morgan fingerprint density at radius 1 is 1.31 bits per heavy atom. The third-order valence-electron chi connectivity index (χ3n) is 1.98. The van der Waals surface area contributed by atoms with Crippen molar-refractivity contribution in [3.8, 4) is 0 Å². The average Bonchev–Trinajstić information content (AvgIpc) is 2.17. The van der Waals surface area contributed by atoms with E-state index in [0.29, 0.717) is 5.56 Å².